The minimum Gasteiger partial charge on any atom is -0.355 e. The highest BCUT2D eigenvalue weighted by Gasteiger charge is 2.28. The summed E-state index contributed by atoms with van der Waals surface area (Å²) in [4.78, 5) is 6.36. The Kier molecular flexibility index (Phi) is 10.1. The second-order valence-electron chi connectivity index (χ2n) is 7.46. The van der Waals surface area contributed by atoms with Gasteiger partial charge in [-0.15, -0.1) is 24.0 Å². The highest BCUT2D eigenvalue weighted by atomic mass is 127. The van der Waals surface area contributed by atoms with Crippen molar-refractivity contribution in [2.75, 3.05) is 39.0 Å². The zero-order valence-electron chi connectivity index (χ0n) is 16.9. The Morgan fingerprint density at radius 1 is 1.18 bits per heavy atom. The molecular weight excluding hydrogens is 494 g/mol. The number of nitrogens with zero attached hydrogens (tertiary/aromatic N) is 2. The molecule has 1 aromatic carbocycles. The van der Waals surface area contributed by atoms with E-state index in [1.165, 1.54) is 37.5 Å². The second kappa shape index (κ2) is 11.3. The molecular formula is C19H32FIN4O2S. The van der Waals surface area contributed by atoms with Gasteiger partial charge in [-0.25, -0.2) is 12.8 Å². The predicted molar refractivity (Wildman–Crippen MR) is 123 cm³/mol. The second-order valence-corrected chi connectivity index (χ2v) is 9.54. The number of benzene rings is 1. The van der Waals surface area contributed by atoms with Gasteiger partial charge in [0, 0.05) is 25.7 Å². The van der Waals surface area contributed by atoms with Gasteiger partial charge in [-0.3, -0.25) is 9.89 Å². The van der Waals surface area contributed by atoms with E-state index >= 15 is 0 Å². The van der Waals surface area contributed by atoms with Crippen LogP contribution in [0.3, 0.4) is 0 Å². The lowest BCUT2D eigenvalue weighted by molar-refractivity contribution is 0.0982. The fraction of sp³-hybridized carbons (Fsp3) is 0.632. The highest BCUT2D eigenvalue weighted by Crippen LogP contribution is 2.19. The molecule has 0 bridgehead atoms. The van der Waals surface area contributed by atoms with Crippen LogP contribution in [0.2, 0.25) is 0 Å². The molecule has 0 aromatic heterocycles. The van der Waals surface area contributed by atoms with Crippen LogP contribution in [0.1, 0.15) is 33.1 Å². The number of hydrogen-bond acceptors (Lipinski definition) is 4. The number of sulfone groups is 1. The maximum absolute atomic E-state index is 13.7. The SMILES string of the molecule is CN=C(NCCS(=O)(=O)c1ccccc1F)NCC(C)(C)N1CCCCC1.I. The lowest BCUT2D eigenvalue weighted by Crippen LogP contribution is -2.55. The molecule has 0 saturated carbocycles. The number of halogens is 2. The molecule has 0 aliphatic carbocycles. The van der Waals surface area contributed by atoms with Gasteiger partial charge in [-0.2, -0.15) is 0 Å². The lowest BCUT2D eigenvalue weighted by Gasteiger charge is -2.41. The number of nitrogens with one attached hydrogen (secondary N) is 2. The van der Waals surface area contributed by atoms with Crippen LogP contribution in [0.15, 0.2) is 34.2 Å². The number of hydrogen-bond donors (Lipinski definition) is 2. The number of aliphatic imine (C=N–C) groups is 1. The third-order valence-corrected chi connectivity index (χ3v) is 6.70. The van der Waals surface area contributed by atoms with E-state index < -0.39 is 15.7 Å². The van der Waals surface area contributed by atoms with Gasteiger partial charge in [0.05, 0.1) is 5.75 Å². The fourth-order valence-corrected chi connectivity index (χ4v) is 4.48. The smallest absolute Gasteiger partial charge is 0.191 e. The maximum atomic E-state index is 13.7. The molecule has 6 nitrogen and oxygen atoms in total. The van der Waals surface area contributed by atoms with Crippen LogP contribution in [0, 0.1) is 5.82 Å². The van der Waals surface area contributed by atoms with Crippen LogP contribution in [-0.4, -0.2) is 63.8 Å². The fourth-order valence-electron chi connectivity index (χ4n) is 3.24. The van der Waals surface area contributed by atoms with E-state index in [-0.39, 0.29) is 46.7 Å². The third kappa shape index (κ3) is 7.14. The van der Waals surface area contributed by atoms with E-state index in [0.29, 0.717) is 12.5 Å². The quantitative estimate of drug-likeness (QED) is 0.325. The van der Waals surface area contributed by atoms with Gasteiger partial charge < -0.3 is 10.6 Å². The lowest BCUT2D eigenvalue weighted by atomic mass is 9.98. The van der Waals surface area contributed by atoms with E-state index in [1.54, 1.807) is 7.05 Å². The van der Waals surface area contributed by atoms with Gasteiger partial charge in [0.25, 0.3) is 0 Å². The van der Waals surface area contributed by atoms with Crippen molar-refractivity contribution in [1.29, 1.82) is 0 Å². The molecule has 0 amide bonds. The Balaban J connectivity index is 0.00000392. The largest absolute Gasteiger partial charge is 0.355 e. The van der Waals surface area contributed by atoms with Crippen LogP contribution < -0.4 is 10.6 Å². The average molecular weight is 526 g/mol. The molecule has 0 unspecified atom stereocenters. The summed E-state index contributed by atoms with van der Waals surface area (Å²) in [6.45, 7) is 7.44. The molecule has 0 spiro atoms. The topological polar surface area (TPSA) is 73.8 Å². The summed E-state index contributed by atoms with van der Waals surface area (Å²) in [5.74, 6) is -0.378. The first kappa shape index (κ1) is 25.1. The van der Waals surface area contributed by atoms with Crippen molar-refractivity contribution >= 4 is 39.8 Å². The van der Waals surface area contributed by atoms with Gasteiger partial charge in [-0.05, 0) is 51.9 Å². The monoisotopic (exact) mass is 526 g/mol. The molecule has 2 N–H and O–H groups in total. The summed E-state index contributed by atoms with van der Waals surface area (Å²) in [5, 5.41) is 6.28. The molecule has 9 heteroatoms. The highest BCUT2D eigenvalue weighted by molar-refractivity contribution is 14.0. The molecule has 1 heterocycles. The Hall–Kier alpha value is -0.940. The molecule has 0 atom stereocenters. The van der Waals surface area contributed by atoms with E-state index in [1.807, 2.05) is 0 Å². The van der Waals surface area contributed by atoms with Gasteiger partial charge in [0.1, 0.15) is 10.7 Å². The zero-order valence-corrected chi connectivity index (χ0v) is 20.0. The summed E-state index contributed by atoms with van der Waals surface area (Å²) < 4.78 is 38.3. The third-order valence-electron chi connectivity index (χ3n) is 4.96. The van der Waals surface area contributed by atoms with E-state index in [2.05, 4.69) is 34.4 Å². The van der Waals surface area contributed by atoms with Crippen molar-refractivity contribution < 1.29 is 12.8 Å². The van der Waals surface area contributed by atoms with E-state index in [0.717, 1.165) is 19.2 Å². The molecule has 1 aliphatic heterocycles. The van der Waals surface area contributed by atoms with Crippen LogP contribution in [0.25, 0.3) is 0 Å². The van der Waals surface area contributed by atoms with E-state index in [9.17, 15) is 12.8 Å². The molecule has 28 heavy (non-hydrogen) atoms. The summed E-state index contributed by atoms with van der Waals surface area (Å²) in [7, 11) is -2.04. The van der Waals surface area contributed by atoms with Gasteiger partial charge in [0.2, 0.25) is 0 Å². The van der Waals surface area contributed by atoms with Crippen molar-refractivity contribution in [3.05, 3.63) is 30.1 Å². The summed E-state index contributed by atoms with van der Waals surface area (Å²) in [6.07, 6.45) is 3.74. The average Bonchev–Trinajstić information content (AvgIpc) is 2.65. The summed E-state index contributed by atoms with van der Waals surface area (Å²) in [5.41, 5.74) is -0.0166. The first-order valence-electron chi connectivity index (χ1n) is 9.43. The molecule has 1 aliphatic rings. The molecule has 160 valence electrons. The van der Waals surface area contributed by atoms with Crippen LogP contribution in [0.5, 0.6) is 0 Å². The van der Waals surface area contributed by atoms with Crippen molar-refractivity contribution in [3.63, 3.8) is 0 Å². The van der Waals surface area contributed by atoms with Crippen molar-refractivity contribution in [2.45, 2.75) is 43.5 Å². The first-order chi connectivity index (χ1) is 12.8. The minimum atomic E-state index is -3.68. The van der Waals surface area contributed by atoms with Crippen LogP contribution >= 0.6 is 24.0 Å². The van der Waals surface area contributed by atoms with Crippen molar-refractivity contribution in [3.8, 4) is 0 Å². The molecule has 1 saturated heterocycles. The molecule has 2 rings (SSSR count). The Morgan fingerprint density at radius 3 is 2.43 bits per heavy atom. The van der Waals surface area contributed by atoms with Gasteiger partial charge in [-0.1, -0.05) is 18.6 Å². The van der Waals surface area contributed by atoms with Crippen LogP contribution in [0.4, 0.5) is 4.39 Å². The molecule has 1 fully saturated rings. The normalized spacial score (nSPS) is 16.4. The number of guanidine groups is 1. The van der Waals surface area contributed by atoms with Gasteiger partial charge >= 0.3 is 0 Å². The van der Waals surface area contributed by atoms with Crippen LogP contribution in [-0.2, 0) is 9.84 Å². The maximum Gasteiger partial charge on any atom is 0.191 e. The van der Waals surface area contributed by atoms with Crippen molar-refractivity contribution in [1.82, 2.24) is 15.5 Å². The standard InChI is InChI=1S/C19H31FN4O2S.HI/c1-19(2,24-12-7-4-8-13-24)15-23-18(21-3)22-11-14-27(25,26)17-10-6-5-9-16(17)20;/h5-6,9-10H,4,7-8,11-15H2,1-3H3,(H2,21,22,23);1H. The predicted octanol–water partition coefficient (Wildman–Crippen LogP) is 2.65. The minimum absolute atomic E-state index is 0. The number of likely N-dealkylation sites (tertiary alicyclic amines) is 1. The van der Waals surface area contributed by atoms with Gasteiger partial charge in [0.15, 0.2) is 15.8 Å². The Bertz CT molecular complexity index is 750. The number of rotatable bonds is 7. The first-order valence-corrected chi connectivity index (χ1v) is 11.1. The zero-order chi connectivity index (χ0) is 19.9. The van der Waals surface area contributed by atoms with Crippen molar-refractivity contribution in [2.24, 2.45) is 4.99 Å². The van der Waals surface area contributed by atoms with E-state index in [4.69, 9.17) is 0 Å². The Morgan fingerprint density at radius 2 is 1.82 bits per heavy atom. The Labute approximate surface area is 185 Å². The summed E-state index contributed by atoms with van der Waals surface area (Å²) in [6, 6.07) is 5.44. The molecule has 0 radical (unpaired) electrons. The number of piperidine rings is 1. The molecule has 1 aromatic rings. The summed E-state index contributed by atoms with van der Waals surface area (Å²) >= 11 is 0.